The molecule has 2 N–H and O–H groups in total. The van der Waals surface area contributed by atoms with Crippen molar-refractivity contribution in [2.45, 2.75) is 10.1 Å². The van der Waals surface area contributed by atoms with E-state index in [0.29, 0.717) is 16.5 Å². The van der Waals surface area contributed by atoms with E-state index in [1.165, 1.54) is 18.0 Å². The maximum Gasteiger partial charge on any atom is 0.217 e. The Morgan fingerprint density at radius 2 is 2.12 bits per heavy atom. The Balaban J connectivity index is 1.73. The molecule has 1 aromatic carbocycles. The van der Waals surface area contributed by atoms with Crippen LogP contribution in [0.25, 0.3) is 22.1 Å². The lowest BCUT2D eigenvalue weighted by molar-refractivity contribution is 0.803. The number of aromatic nitrogens is 5. The van der Waals surface area contributed by atoms with E-state index < -0.39 is 0 Å². The molecule has 26 heavy (non-hydrogen) atoms. The molecule has 0 spiro atoms. The number of rotatable bonds is 4. The Morgan fingerprint density at radius 3 is 2.96 bits per heavy atom. The van der Waals surface area contributed by atoms with E-state index >= 15 is 0 Å². The lowest BCUT2D eigenvalue weighted by Crippen LogP contribution is -2.01. The first-order valence-electron chi connectivity index (χ1n) is 7.88. The molecule has 0 unspecified atom stereocenters. The molecule has 0 amide bonds. The van der Waals surface area contributed by atoms with E-state index in [1.54, 1.807) is 24.0 Å². The Labute approximate surface area is 153 Å². The highest BCUT2D eigenvalue weighted by Gasteiger charge is 2.11. The van der Waals surface area contributed by atoms with Crippen LogP contribution in [0.15, 0.2) is 69.9 Å². The van der Waals surface area contributed by atoms with Gasteiger partial charge in [-0.25, -0.2) is 0 Å². The topological polar surface area (TPSA) is 94.3 Å². The molecule has 0 aliphatic carbocycles. The van der Waals surface area contributed by atoms with Crippen LogP contribution < -0.4 is 5.73 Å². The van der Waals surface area contributed by atoms with Gasteiger partial charge in [-0.3, -0.25) is 9.98 Å². The van der Waals surface area contributed by atoms with Gasteiger partial charge >= 0.3 is 0 Å². The zero-order valence-electron chi connectivity index (χ0n) is 13.9. The fraction of sp³-hybridized carbons (Fsp3) is 0.0556. The van der Waals surface area contributed by atoms with Crippen LogP contribution >= 0.6 is 11.8 Å². The highest BCUT2D eigenvalue weighted by atomic mass is 32.2. The van der Waals surface area contributed by atoms with Crippen LogP contribution in [0.1, 0.15) is 5.69 Å². The minimum Gasteiger partial charge on any atom is -0.404 e. The van der Waals surface area contributed by atoms with Crippen molar-refractivity contribution in [3.05, 3.63) is 60.6 Å². The number of allylic oxidation sites excluding steroid dienone is 1. The second-order valence-corrected chi connectivity index (χ2v) is 6.48. The second-order valence-electron chi connectivity index (χ2n) is 5.44. The summed E-state index contributed by atoms with van der Waals surface area (Å²) in [6.07, 6.45) is 4.94. The number of nitrogens with two attached hydrogens (primary N) is 1. The van der Waals surface area contributed by atoms with Crippen LogP contribution in [0.2, 0.25) is 0 Å². The van der Waals surface area contributed by atoms with Crippen LogP contribution in [0.5, 0.6) is 0 Å². The van der Waals surface area contributed by atoms with Crippen LogP contribution in [0.4, 0.5) is 0 Å². The zero-order valence-corrected chi connectivity index (χ0v) is 14.8. The lowest BCUT2D eigenvalue weighted by atomic mass is 10.2. The number of hydrogen-bond acceptors (Lipinski definition) is 7. The third-order valence-corrected chi connectivity index (χ3v) is 4.69. The summed E-state index contributed by atoms with van der Waals surface area (Å²) >= 11 is 1.49. The van der Waals surface area contributed by atoms with E-state index in [4.69, 9.17) is 5.73 Å². The van der Waals surface area contributed by atoms with Crippen molar-refractivity contribution in [2.24, 2.45) is 10.7 Å². The Bertz CT molecular complexity index is 1150. The van der Waals surface area contributed by atoms with Gasteiger partial charge in [-0.2, -0.15) is 9.61 Å². The summed E-state index contributed by atoms with van der Waals surface area (Å²) in [7, 11) is 1.69. The number of benzene rings is 1. The summed E-state index contributed by atoms with van der Waals surface area (Å²) < 4.78 is 1.71. The molecule has 0 bridgehead atoms. The highest BCUT2D eigenvalue weighted by Crippen LogP contribution is 2.28. The average Bonchev–Trinajstić information content (AvgIpc) is 3.08. The van der Waals surface area contributed by atoms with Gasteiger partial charge in [-0.05, 0) is 48.2 Å². The van der Waals surface area contributed by atoms with Gasteiger partial charge in [0.2, 0.25) is 5.16 Å². The minimum atomic E-state index is 0.670. The van der Waals surface area contributed by atoms with Gasteiger partial charge < -0.3 is 5.73 Å². The molecular formula is C18H15N7S. The average molecular weight is 361 g/mol. The van der Waals surface area contributed by atoms with E-state index in [-0.39, 0.29) is 0 Å². The highest BCUT2D eigenvalue weighted by molar-refractivity contribution is 7.99. The number of fused-ring (bicyclic) bond motifs is 2. The molecule has 0 fully saturated rings. The second kappa shape index (κ2) is 6.93. The monoisotopic (exact) mass is 361 g/mol. The van der Waals surface area contributed by atoms with Crippen molar-refractivity contribution in [1.82, 2.24) is 24.8 Å². The van der Waals surface area contributed by atoms with E-state index in [2.05, 4.69) is 31.3 Å². The molecule has 0 radical (unpaired) electrons. The summed E-state index contributed by atoms with van der Waals surface area (Å²) in [6.45, 7) is 0. The molecule has 128 valence electrons. The molecule has 3 heterocycles. The Kier molecular flexibility index (Phi) is 4.32. The first kappa shape index (κ1) is 16.2. The van der Waals surface area contributed by atoms with Crippen molar-refractivity contribution in [3.8, 4) is 0 Å². The van der Waals surface area contributed by atoms with Gasteiger partial charge in [0.1, 0.15) is 0 Å². The van der Waals surface area contributed by atoms with Gasteiger partial charge in [-0.1, -0.05) is 6.07 Å². The Morgan fingerprint density at radius 1 is 1.19 bits per heavy atom. The maximum absolute atomic E-state index is 5.68. The predicted molar refractivity (Wildman–Crippen MR) is 103 cm³/mol. The number of aliphatic imine (C=N–C) groups is 1. The number of nitrogens with zero attached hydrogens (tertiary/aromatic N) is 6. The van der Waals surface area contributed by atoms with Gasteiger partial charge in [0.05, 0.1) is 11.2 Å². The van der Waals surface area contributed by atoms with Crippen LogP contribution in [0.3, 0.4) is 0 Å². The van der Waals surface area contributed by atoms with Gasteiger partial charge in [0.15, 0.2) is 5.65 Å². The molecule has 4 aromatic rings. The molecular weight excluding hydrogens is 346 g/mol. The maximum atomic E-state index is 5.68. The SMILES string of the molecule is CN=C/C(=C\N)c1ccc2nnc(Sc3ccc4ncccc4c3)n2n1. The molecule has 0 saturated carbocycles. The lowest BCUT2D eigenvalue weighted by Gasteiger charge is -2.04. The molecule has 0 atom stereocenters. The number of pyridine rings is 1. The largest absolute Gasteiger partial charge is 0.404 e. The summed E-state index contributed by atoms with van der Waals surface area (Å²) in [5.41, 5.74) is 8.74. The summed E-state index contributed by atoms with van der Waals surface area (Å²) in [6, 6.07) is 13.7. The summed E-state index contributed by atoms with van der Waals surface area (Å²) in [5, 5.41) is 14.8. The van der Waals surface area contributed by atoms with Crippen molar-refractivity contribution in [1.29, 1.82) is 0 Å². The van der Waals surface area contributed by atoms with E-state index in [9.17, 15) is 0 Å². The minimum absolute atomic E-state index is 0.670. The Hall–Kier alpha value is -3.26. The van der Waals surface area contributed by atoms with Gasteiger partial charge in [-0.15, -0.1) is 10.2 Å². The van der Waals surface area contributed by atoms with Crippen LogP contribution in [0, 0.1) is 0 Å². The van der Waals surface area contributed by atoms with Crippen molar-refractivity contribution in [2.75, 3.05) is 7.05 Å². The van der Waals surface area contributed by atoms with Crippen molar-refractivity contribution in [3.63, 3.8) is 0 Å². The fourth-order valence-corrected chi connectivity index (χ4v) is 3.38. The first-order chi connectivity index (χ1) is 12.8. The molecule has 4 rings (SSSR count). The standard InChI is InChI=1S/C18H15N7S/c1-20-11-13(10-19)16-6-7-17-22-23-18(25(17)24-16)26-14-4-5-15-12(9-14)3-2-8-21-15/h2-11H,19H2,1H3/b13-10+,20-11?. The third kappa shape index (κ3) is 3.02. The van der Waals surface area contributed by atoms with E-state index in [0.717, 1.165) is 21.4 Å². The third-order valence-electron chi connectivity index (χ3n) is 3.76. The van der Waals surface area contributed by atoms with Gasteiger partial charge in [0, 0.05) is 41.5 Å². The van der Waals surface area contributed by atoms with Crippen LogP contribution in [-0.2, 0) is 0 Å². The van der Waals surface area contributed by atoms with Crippen molar-refractivity contribution >= 4 is 40.1 Å². The molecule has 0 saturated heterocycles. The first-order valence-corrected chi connectivity index (χ1v) is 8.69. The quantitative estimate of drug-likeness (QED) is 0.562. The summed E-state index contributed by atoms with van der Waals surface area (Å²) in [4.78, 5) is 9.39. The normalized spacial score (nSPS) is 12.4. The zero-order chi connectivity index (χ0) is 17.9. The fourth-order valence-electron chi connectivity index (χ4n) is 2.54. The molecule has 0 aliphatic heterocycles. The molecule has 8 heteroatoms. The molecule has 3 aromatic heterocycles. The molecule has 7 nitrogen and oxygen atoms in total. The predicted octanol–water partition coefficient (Wildman–Crippen LogP) is 2.82. The number of hydrogen-bond donors (Lipinski definition) is 1. The van der Waals surface area contributed by atoms with E-state index in [1.807, 2.05) is 36.4 Å². The smallest absolute Gasteiger partial charge is 0.217 e. The summed E-state index contributed by atoms with van der Waals surface area (Å²) in [5.74, 6) is 0. The van der Waals surface area contributed by atoms with Crippen molar-refractivity contribution < 1.29 is 0 Å². The molecule has 0 aliphatic rings. The van der Waals surface area contributed by atoms with Crippen LogP contribution in [-0.4, -0.2) is 38.1 Å². The van der Waals surface area contributed by atoms with Gasteiger partial charge in [0.25, 0.3) is 0 Å².